The van der Waals surface area contributed by atoms with Gasteiger partial charge in [0.2, 0.25) is 0 Å². The standard InChI is InChI=1S/C17H21N3O3/c1-5-18-16(21)12-7-6-8-13(9-12)19-17(22)14-11(4)20-23-15(14)10(2)3/h6-10H,5H2,1-4H3,(H,18,21)(H,19,22). The number of carbonyl (C=O) groups excluding carboxylic acids is 2. The molecule has 1 aromatic carbocycles. The summed E-state index contributed by atoms with van der Waals surface area (Å²) in [4.78, 5) is 24.4. The molecule has 0 radical (unpaired) electrons. The monoisotopic (exact) mass is 315 g/mol. The number of benzene rings is 1. The molecule has 0 unspecified atom stereocenters. The topological polar surface area (TPSA) is 84.2 Å². The molecule has 1 aromatic heterocycles. The lowest BCUT2D eigenvalue weighted by atomic mass is 10.0. The summed E-state index contributed by atoms with van der Waals surface area (Å²) in [6.45, 7) is 8.01. The van der Waals surface area contributed by atoms with Crippen molar-refractivity contribution in [2.75, 3.05) is 11.9 Å². The van der Waals surface area contributed by atoms with Crippen molar-refractivity contribution in [2.24, 2.45) is 0 Å². The summed E-state index contributed by atoms with van der Waals surface area (Å²) in [5.74, 6) is 0.145. The Morgan fingerprint density at radius 1 is 1.26 bits per heavy atom. The Labute approximate surface area is 135 Å². The second kappa shape index (κ2) is 7.09. The highest BCUT2D eigenvalue weighted by molar-refractivity contribution is 6.06. The van der Waals surface area contributed by atoms with Crippen molar-refractivity contribution in [3.05, 3.63) is 46.8 Å². The number of aryl methyl sites for hydroxylation is 1. The first-order valence-electron chi connectivity index (χ1n) is 7.59. The van der Waals surface area contributed by atoms with Crippen LogP contribution in [0.15, 0.2) is 28.8 Å². The van der Waals surface area contributed by atoms with E-state index in [2.05, 4.69) is 15.8 Å². The zero-order valence-corrected chi connectivity index (χ0v) is 13.8. The van der Waals surface area contributed by atoms with E-state index in [1.165, 1.54) is 0 Å². The first-order chi connectivity index (χ1) is 10.9. The van der Waals surface area contributed by atoms with E-state index in [9.17, 15) is 9.59 Å². The van der Waals surface area contributed by atoms with Crippen LogP contribution in [0.3, 0.4) is 0 Å². The smallest absolute Gasteiger partial charge is 0.261 e. The fraction of sp³-hybridized carbons (Fsp3) is 0.353. The lowest BCUT2D eigenvalue weighted by molar-refractivity contribution is 0.0954. The van der Waals surface area contributed by atoms with Gasteiger partial charge in [-0.1, -0.05) is 25.1 Å². The molecule has 0 fully saturated rings. The SMILES string of the molecule is CCNC(=O)c1cccc(NC(=O)c2c(C)noc2C(C)C)c1. The minimum absolute atomic E-state index is 0.0543. The summed E-state index contributed by atoms with van der Waals surface area (Å²) in [6.07, 6.45) is 0. The van der Waals surface area contributed by atoms with Crippen molar-refractivity contribution in [3.8, 4) is 0 Å². The number of aromatic nitrogens is 1. The molecule has 0 aliphatic carbocycles. The lowest BCUT2D eigenvalue weighted by Gasteiger charge is -2.09. The summed E-state index contributed by atoms with van der Waals surface area (Å²) in [7, 11) is 0. The summed E-state index contributed by atoms with van der Waals surface area (Å²) < 4.78 is 5.23. The number of nitrogens with one attached hydrogen (secondary N) is 2. The molecule has 23 heavy (non-hydrogen) atoms. The lowest BCUT2D eigenvalue weighted by Crippen LogP contribution is -2.23. The number of anilines is 1. The molecule has 6 heteroatoms. The zero-order valence-electron chi connectivity index (χ0n) is 13.8. The summed E-state index contributed by atoms with van der Waals surface area (Å²) >= 11 is 0. The fourth-order valence-corrected chi connectivity index (χ4v) is 2.25. The van der Waals surface area contributed by atoms with Gasteiger partial charge in [0.1, 0.15) is 5.56 Å². The first-order valence-corrected chi connectivity index (χ1v) is 7.59. The van der Waals surface area contributed by atoms with Gasteiger partial charge in [-0.05, 0) is 32.0 Å². The third kappa shape index (κ3) is 3.77. The average molecular weight is 315 g/mol. The molecule has 6 nitrogen and oxygen atoms in total. The van der Waals surface area contributed by atoms with Gasteiger partial charge in [0.15, 0.2) is 5.76 Å². The molecule has 0 atom stereocenters. The van der Waals surface area contributed by atoms with Gasteiger partial charge >= 0.3 is 0 Å². The van der Waals surface area contributed by atoms with E-state index in [0.29, 0.717) is 34.8 Å². The highest BCUT2D eigenvalue weighted by Gasteiger charge is 2.22. The number of nitrogens with zero attached hydrogens (tertiary/aromatic N) is 1. The maximum Gasteiger partial charge on any atom is 0.261 e. The van der Waals surface area contributed by atoms with E-state index in [0.717, 1.165) is 0 Å². The maximum atomic E-state index is 12.5. The summed E-state index contributed by atoms with van der Waals surface area (Å²) in [5.41, 5.74) is 2.04. The van der Waals surface area contributed by atoms with Gasteiger partial charge in [0.05, 0.1) is 5.69 Å². The molecule has 0 saturated heterocycles. The van der Waals surface area contributed by atoms with Crippen LogP contribution in [-0.4, -0.2) is 23.5 Å². The van der Waals surface area contributed by atoms with E-state index in [1.807, 2.05) is 20.8 Å². The van der Waals surface area contributed by atoms with E-state index < -0.39 is 0 Å². The Morgan fingerprint density at radius 2 is 2.00 bits per heavy atom. The van der Waals surface area contributed by atoms with Gasteiger partial charge in [-0.15, -0.1) is 0 Å². The van der Waals surface area contributed by atoms with Crippen LogP contribution in [0.4, 0.5) is 5.69 Å². The second-order valence-electron chi connectivity index (χ2n) is 5.56. The van der Waals surface area contributed by atoms with Gasteiger partial charge in [0, 0.05) is 23.7 Å². The fourth-order valence-electron chi connectivity index (χ4n) is 2.25. The molecule has 0 aliphatic heterocycles. The highest BCUT2D eigenvalue weighted by Crippen LogP contribution is 2.23. The number of carbonyl (C=O) groups is 2. The zero-order chi connectivity index (χ0) is 17.0. The number of hydrogen-bond donors (Lipinski definition) is 2. The van der Waals surface area contributed by atoms with E-state index >= 15 is 0 Å². The van der Waals surface area contributed by atoms with Crippen LogP contribution in [0.2, 0.25) is 0 Å². The van der Waals surface area contributed by atoms with Gasteiger partial charge in [-0.3, -0.25) is 9.59 Å². The average Bonchev–Trinajstić information content (AvgIpc) is 2.90. The summed E-state index contributed by atoms with van der Waals surface area (Å²) in [5, 5.41) is 9.40. The van der Waals surface area contributed by atoms with Crippen LogP contribution in [0.1, 0.15) is 58.9 Å². The van der Waals surface area contributed by atoms with Crippen LogP contribution in [0.5, 0.6) is 0 Å². The molecule has 0 aliphatic rings. The minimum atomic E-state index is -0.291. The van der Waals surface area contributed by atoms with Gasteiger partial charge < -0.3 is 15.2 Å². The predicted molar refractivity (Wildman–Crippen MR) is 87.7 cm³/mol. The second-order valence-corrected chi connectivity index (χ2v) is 5.56. The molecule has 0 bridgehead atoms. The van der Waals surface area contributed by atoms with Crippen LogP contribution >= 0.6 is 0 Å². The van der Waals surface area contributed by atoms with Crippen LogP contribution < -0.4 is 10.6 Å². The highest BCUT2D eigenvalue weighted by atomic mass is 16.5. The molecule has 1 heterocycles. The van der Waals surface area contributed by atoms with Crippen molar-refractivity contribution in [1.82, 2.24) is 10.5 Å². The van der Waals surface area contributed by atoms with Gasteiger partial charge in [-0.25, -0.2) is 0 Å². The van der Waals surface area contributed by atoms with Crippen LogP contribution in [-0.2, 0) is 0 Å². The molecule has 122 valence electrons. The van der Waals surface area contributed by atoms with Crippen LogP contribution in [0.25, 0.3) is 0 Å². The van der Waals surface area contributed by atoms with Crippen molar-refractivity contribution in [3.63, 3.8) is 0 Å². The Morgan fingerprint density at radius 3 is 2.65 bits per heavy atom. The third-order valence-electron chi connectivity index (χ3n) is 3.36. The molecule has 0 spiro atoms. The van der Waals surface area contributed by atoms with Gasteiger partial charge in [-0.2, -0.15) is 0 Å². The number of rotatable bonds is 5. The van der Waals surface area contributed by atoms with Gasteiger partial charge in [0.25, 0.3) is 11.8 Å². The number of hydrogen-bond acceptors (Lipinski definition) is 4. The quantitative estimate of drug-likeness (QED) is 0.888. The molecule has 2 aromatic rings. The van der Waals surface area contributed by atoms with E-state index in [-0.39, 0.29) is 17.7 Å². The molecule has 2 N–H and O–H groups in total. The van der Waals surface area contributed by atoms with Crippen molar-refractivity contribution in [2.45, 2.75) is 33.6 Å². The Hall–Kier alpha value is -2.63. The van der Waals surface area contributed by atoms with E-state index in [1.54, 1.807) is 31.2 Å². The Bertz CT molecular complexity index is 720. The largest absolute Gasteiger partial charge is 0.360 e. The van der Waals surface area contributed by atoms with E-state index in [4.69, 9.17) is 4.52 Å². The minimum Gasteiger partial charge on any atom is -0.360 e. The molecular formula is C17H21N3O3. The van der Waals surface area contributed by atoms with Crippen molar-refractivity contribution >= 4 is 17.5 Å². The molecule has 2 rings (SSSR count). The molecule has 0 saturated carbocycles. The Balaban J connectivity index is 2.23. The van der Waals surface area contributed by atoms with Crippen molar-refractivity contribution < 1.29 is 14.1 Å². The molecule has 2 amide bonds. The Kier molecular flexibility index (Phi) is 5.16. The third-order valence-corrected chi connectivity index (χ3v) is 3.36. The van der Waals surface area contributed by atoms with Crippen LogP contribution in [0, 0.1) is 6.92 Å². The van der Waals surface area contributed by atoms with Crippen molar-refractivity contribution in [1.29, 1.82) is 0 Å². The number of amides is 2. The predicted octanol–water partition coefficient (Wildman–Crippen LogP) is 3.11. The summed E-state index contributed by atoms with van der Waals surface area (Å²) in [6, 6.07) is 6.80. The normalized spacial score (nSPS) is 10.7. The first kappa shape index (κ1) is 16.7. The molecular weight excluding hydrogens is 294 g/mol. The maximum absolute atomic E-state index is 12.5.